The van der Waals surface area contributed by atoms with E-state index in [9.17, 15) is 8.42 Å². The van der Waals surface area contributed by atoms with Gasteiger partial charge in [0.15, 0.2) is 5.96 Å². The van der Waals surface area contributed by atoms with Gasteiger partial charge in [-0.1, -0.05) is 31.2 Å². The Morgan fingerprint density at radius 1 is 1.23 bits per heavy atom. The molecule has 0 fully saturated rings. The molecule has 2 N–H and O–H groups in total. The summed E-state index contributed by atoms with van der Waals surface area (Å²) in [5, 5.41) is 6.49. The molecule has 0 amide bonds. The molecule has 1 aromatic rings. The van der Waals surface area contributed by atoms with Gasteiger partial charge in [-0.05, 0) is 37.8 Å². The number of sulfone groups is 1. The van der Waals surface area contributed by atoms with Gasteiger partial charge >= 0.3 is 0 Å². The van der Waals surface area contributed by atoms with Crippen molar-refractivity contribution in [3.8, 4) is 0 Å². The third-order valence-corrected chi connectivity index (χ3v) is 4.76. The highest BCUT2D eigenvalue weighted by Crippen LogP contribution is 2.11. The average Bonchev–Trinajstić information content (AvgIpc) is 2.59. The zero-order valence-electron chi connectivity index (χ0n) is 16.4. The summed E-state index contributed by atoms with van der Waals surface area (Å²) in [5.41, 5.74) is 2.27. The fraction of sp³-hybridized carbons (Fsp3) is 0.632. The molecule has 0 heterocycles. The lowest BCUT2D eigenvalue weighted by molar-refractivity contribution is 0.121. The molecule has 7 heteroatoms. The lowest BCUT2D eigenvalue weighted by atomic mass is 10.1. The Morgan fingerprint density at radius 3 is 2.54 bits per heavy atom. The number of hydrogen-bond acceptors (Lipinski definition) is 4. The lowest BCUT2D eigenvalue weighted by Crippen LogP contribution is -2.42. The van der Waals surface area contributed by atoms with Crippen molar-refractivity contribution >= 4 is 15.8 Å². The van der Waals surface area contributed by atoms with E-state index in [1.165, 1.54) is 6.26 Å². The zero-order chi connectivity index (χ0) is 19.4. The van der Waals surface area contributed by atoms with Gasteiger partial charge in [0.25, 0.3) is 0 Å². The van der Waals surface area contributed by atoms with Crippen molar-refractivity contribution in [3.05, 3.63) is 35.4 Å². The molecule has 1 rings (SSSR count). The normalized spacial score (nSPS) is 13.5. The minimum absolute atomic E-state index is 0.0191. The van der Waals surface area contributed by atoms with Crippen LogP contribution in [0.25, 0.3) is 0 Å². The van der Waals surface area contributed by atoms with E-state index in [1.807, 2.05) is 26.0 Å². The Morgan fingerprint density at radius 2 is 1.92 bits per heavy atom. The highest BCUT2D eigenvalue weighted by atomic mass is 32.2. The number of hydrogen-bond donors (Lipinski definition) is 2. The van der Waals surface area contributed by atoms with Gasteiger partial charge in [0.2, 0.25) is 0 Å². The number of guanidine groups is 1. The zero-order valence-corrected chi connectivity index (χ0v) is 17.2. The minimum atomic E-state index is -2.95. The molecule has 148 valence electrons. The lowest BCUT2D eigenvalue weighted by Gasteiger charge is -2.18. The second-order valence-electron chi connectivity index (χ2n) is 6.48. The number of rotatable bonds is 11. The van der Waals surface area contributed by atoms with E-state index in [0.717, 1.165) is 30.7 Å². The number of nitrogens with one attached hydrogen (secondary N) is 2. The summed E-state index contributed by atoms with van der Waals surface area (Å²) in [6.07, 6.45) is 2.81. The van der Waals surface area contributed by atoms with E-state index in [1.54, 1.807) is 0 Å². The van der Waals surface area contributed by atoms with Gasteiger partial charge in [-0.2, -0.15) is 0 Å². The topological polar surface area (TPSA) is 79.8 Å². The van der Waals surface area contributed by atoms with E-state index in [-0.39, 0.29) is 11.8 Å². The summed E-state index contributed by atoms with van der Waals surface area (Å²) in [7, 11) is -2.95. The molecule has 0 bridgehead atoms. The number of ether oxygens (including phenoxy) is 1. The van der Waals surface area contributed by atoms with Crippen molar-refractivity contribution in [1.82, 2.24) is 10.6 Å². The minimum Gasteiger partial charge on any atom is -0.377 e. The quantitative estimate of drug-likeness (QED) is 0.349. The largest absolute Gasteiger partial charge is 0.377 e. The molecular formula is C19H33N3O3S. The maximum Gasteiger partial charge on any atom is 0.191 e. The van der Waals surface area contributed by atoms with Crippen molar-refractivity contribution in [1.29, 1.82) is 0 Å². The first-order valence-electron chi connectivity index (χ1n) is 9.22. The summed E-state index contributed by atoms with van der Waals surface area (Å²) in [6.45, 7) is 8.69. The molecule has 0 saturated heterocycles. The van der Waals surface area contributed by atoms with Crippen LogP contribution in [0.1, 0.15) is 44.7 Å². The second kappa shape index (κ2) is 11.9. The molecule has 0 aromatic heterocycles. The van der Waals surface area contributed by atoms with Crippen LogP contribution in [0.15, 0.2) is 29.3 Å². The molecule has 0 aliphatic carbocycles. The molecule has 0 radical (unpaired) electrons. The van der Waals surface area contributed by atoms with Crippen molar-refractivity contribution in [2.75, 3.05) is 25.2 Å². The molecular weight excluding hydrogens is 350 g/mol. The van der Waals surface area contributed by atoms with E-state index >= 15 is 0 Å². The van der Waals surface area contributed by atoms with Crippen molar-refractivity contribution in [2.24, 2.45) is 4.99 Å². The Bertz CT molecular complexity index is 660. The van der Waals surface area contributed by atoms with Crippen LogP contribution >= 0.6 is 0 Å². The van der Waals surface area contributed by atoms with Crippen LogP contribution in [0.4, 0.5) is 0 Å². The van der Waals surface area contributed by atoms with Gasteiger partial charge in [-0.15, -0.1) is 0 Å². The first-order valence-corrected chi connectivity index (χ1v) is 11.3. The molecule has 6 nitrogen and oxygen atoms in total. The van der Waals surface area contributed by atoms with Crippen LogP contribution < -0.4 is 10.6 Å². The molecule has 0 aliphatic heterocycles. The van der Waals surface area contributed by atoms with Crippen LogP contribution in [0.5, 0.6) is 0 Å². The molecule has 0 aliphatic rings. The van der Waals surface area contributed by atoms with Crippen LogP contribution in [0.3, 0.4) is 0 Å². The maximum atomic E-state index is 11.3. The Labute approximate surface area is 158 Å². The van der Waals surface area contributed by atoms with E-state index in [0.29, 0.717) is 25.5 Å². The van der Waals surface area contributed by atoms with E-state index in [4.69, 9.17) is 4.74 Å². The predicted octanol–water partition coefficient (Wildman–Crippen LogP) is 2.49. The summed E-state index contributed by atoms with van der Waals surface area (Å²) in [4.78, 5) is 4.65. The van der Waals surface area contributed by atoms with Gasteiger partial charge in [0, 0.05) is 25.4 Å². The van der Waals surface area contributed by atoms with E-state index in [2.05, 4.69) is 34.7 Å². The summed E-state index contributed by atoms with van der Waals surface area (Å²) in [5.74, 6) is 0.857. The third kappa shape index (κ3) is 9.77. The van der Waals surface area contributed by atoms with Crippen LogP contribution in [-0.2, 0) is 27.7 Å². The predicted molar refractivity (Wildman–Crippen MR) is 108 cm³/mol. The molecule has 0 spiro atoms. The Hall–Kier alpha value is -1.60. The second-order valence-corrected chi connectivity index (χ2v) is 8.74. The Kier molecular flexibility index (Phi) is 10.3. The molecule has 26 heavy (non-hydrogen) atoms. The number of benzene rings is 1. The van der Waals surface area contributed by atoms with Gasteiger partial charge in [0.05, 0.1) is 18.9 Å². The molecule has 0 saturated carbocycles. The number of aliphatic imine (C=N–C) groups is 1. The van der Waals surface area contributed by atoms with Crippen LogP contribution in [0.2, 0.25) is 0 Å². The van der Waals surface area contributed by atoms with Gasteiger partial charge in [-0.3, -0.25) is 0 Å². The van der Waals surface area contributed by atoms with Crippen molar-refractivity contribution < 1.29 is 13.2 Å². The Balaban J connectivity index is 2.71. The monoisotopic (exact) mass is 383 g/mol. The smallest absolute Gasteiger partial charge is 0.191 e. The first kappa shape index (κ1) is 22.4. The summed E-state index contributed by atoms with van der Waals surface area (Å²) < 4.78 is 28.3. The standard InChI is InChI=1S/C19H33N3O3S/c1-5-12-25-15-18-10-8-7-9-17(18)14-21-19(20-6-2)22-16(3)11-13-26(4,23)24/h7-10,16H,5-6,11-15H2,1-4H3,(H2,20,21,22). The van der Waals surface area contributed by atoms with E-state index < -0.39 is 9.84 Å². The molecule has 1 unspecified atom stereocenters. The van der Waals surface area contributed by atoms with Crippen molar-refractivity contribution in [2.45, 2.75) is 52.8 Å². The fourth-order valence-electron chi connectivity index (χ4n) is 2.36. The van der Waals surface area contributed by atoms with Crippen LogP contribution in [0, 0.1) is 0 Å². The molecule has 1 atom stereocenters. The number of nitrogens with zero attached hydrogens (tertiary/aromatic N) is 1. The van der Waals surface area contributed by atoms with Gasteiger partial charge in [0.1, 0.15) is 9.84 Å². The van der Waals surface area contributed by atoms with Crippen LogP contribution in [-0.4, -0.2) is 45.6 Å². The van der Waals surface area contributed by atoms with Gasteiger partial charge < -0.3 is 15.4 Å². The fourth-order valence-corrected chi connectivity index (χ4v) is 3.14. The van der Waals surface area contributed by atoms with Gasteiger partial charge in [-0.25, -0.2) is 13.4 Å². The molecule has 1 aromatic carbocycles. The highest BCUT2D eigenvalue weighted by Gasteiger charge is 2.10. The first-order chi connectivity index (χ1) is 12.4. The highest BCUT2D eigenvalue weighted by molar-refractivity contribution is 7.90. The maximum absolute atomic E-state index is 11.3. The third-order valence-electron chi connectivity index (χ3n) is 3.78. The summed E-state index contributed by atoms with van der Waals surface area (Å²) >= 11 is 0. The van der Waals surface area contributed by atoms with Crippen molar-refractivity contribution in [3.63, 3.8) is 0 Å². The average molecular weight is 384 g/mol. The SMILES string of the molecule is CCCOCc1ccccc1CN=C(NCC)NC(C)CCS(C)(=O)=O. The summed E-state index contributed by atoms with van der Waals surface area (Å²) in [6, 6.07) is 8.16.